The number of rotatable bonds is 9. The first-order valence-electron chi connectivity index (χ1n) is 17.4. The van der Waals surface area contributed by atoms with Gasteiger partial charge in [0.05, 0.1) is 23.0 Å². The first kappa shape index (κ1) is 39.2. The predicted octanol–water partition coefficient (Wildman–Crippen LogP) is 12.7. The molecule has 0 aliphatic heterocycles. The minimum Gasteiger partial charge on any atom is -0.512 e. The zero-order chi connectivity index (χ0) is 35.6. The van der Waals surface area contributed by atoms with Gasteiger partial charge in [-0.05, 0) is 60.7 Å². The van der Waals surface area contributed by atoms with E-state index in [0.29, 0.717) is 0 Å². The van der Waals surface area contributed by atoms with Crippen molar-refractivity contribution in [2.45, 2.75) is 93.4 Å². The van der Waals surface area contributed by atoms with Crippen LogP contribution < -0.4 is 0 Å². The van der Waals surface area contributed by atoms with E-state index < -0.39 is 0 Å². The second-order valence-electron chi connectivity index (χ2n) is 14.5. The molecule has 265 valence electrons. The summed E-state index contributed by atoms with van der Waals surface area (Å²) in [4.78, 5) is 22.7. The summed E-state index contributed by atoms with van der Waals surface area (Å²) < 4.78 is 6.64. The zero-order valence-electron chi connectivity index (χ0n) is 30.7. The quantitative estimate of drug-likeness (QED) is 0.0890. The second-order valence-corrected chi connectivity index (χ2v) is 15.6. The number of hydrogen-bond donors (Lipinski definition) is 1. The molecular weight excluding hydrogens is 817 g/mol. The van der Waals surface area contributed by atoms with E-state index in [1.54, 1.807) is 23.8 Å². The molecule has 7 heteroatoms. The van der Waals surface area contributed by atoms with Gasteiger partial charge in [-0.2, -0.15) is 0 Å². The topological polar surface area (TPSA) is 76.2 Å². The molecular formula is C43H49IrN2O3S-. The van der Waals surface area contributed by atoms with Crippen molar-refractivity contribution >= 4 is 48.9 Å². The molecule has 6 rings (SSSR count). The molecule has 50 heavy (non-hydrogen) atoms. The number of aromatic nitrogens is 2. The number of hydrogen-bond acceptors (Lipinski definition) is 6. The Kier molecular flexibility index (Phi) is 12.3. The Balaban J connectivity index is 0.000000269. The molecule has 5 nitrogen and oxygen atoms in total. The van der Waals surface area contributed by atoms with Crippen LogP contribution in [0.2, 0.25) is 0 Å². The van der Waals surface area contributed by atoms with Crippen LogP contribution in [0.1, 0.15) is 93.6 Å². The normalized spacial score (nSPS) is 12.5. The van der Waals surface area contributed by atoms with E-state index in [-0.39, 0.29) is 47.9 Å². The minimum absolute atomic E-state index is 0. The number of ketones is 1. The summed E-state index contributed by atoms with van der Waals surface area (Å²) in [6.45, 7) is 18.9. The number of aliphatic hydroxyl groups excluding tert-OH is 1. The number of thiophene rings is 1. The van der Waals surface area contributed by atoms with Gasteiger partial charge in [-0.1, -0.05) is 91.5 Å². The molecule has 0 saturated carbocycles. The van der Waals surface area contributed by atoms with Gasteiger partial charge in [-0.3, -0.25) is 14.8 Å². The van der Waals surface area contributed by atoms with Crippen molar-refractivity contribution in [3.05, 3.63) is 96.7 Å². The van der Waals surface area contributed by atoms with E-state index in [1.165, 1.54) is 21.7 Å². The molecule has 0 aliphatic rings. The third-order valence-corrected chi connectivity index (χ3v) is 11.6. The van der Waals surface area contributed by atoms with Crippen LogP contribution in [0.5, 0.6) is 0 Å². The van der Waals surface area contributed by atoms with E-state index in [9.17, 15) is 9.90 Å². The van der Waals surface area contributed by atoms with Crippen molar-refractivity contribution in [2.24, 2.45) is 10.8 Å². The Morgan fingerprint density at radius 1 is 0.880 bits per heavy atom. The first-order chi connectivity index (χ1) is 23.3. The monoisotopic (exact) mass is 866 g/mol. The van der Waals surface area contributed by atoms with E-state index in [1.807, 2.05) is 53.8 Å². The maximum absolute atomic E-state index is 12.2. The number of furan rings is 1. The fraction of sp³-hybridized carbons (Fsp3) is 0.372. The van der Waals surface area contributed by atoms with Crippen molar-refractivity contribution in [1.29, 1.82) is 0 Å². The van der Waals surface area contributed by atoms with Gasteiger partial charge in [0.25, 0.3) is 0 Å². The average molecular weight is 866 g/mol. The summed E-state index contributed by atoms with van der Waals surface area (Å²) in [6.07, 6.45) is 10.1. The molecule has 4 aromatic heterocycles. The summed E-state index contributed by atoms with van der Waals surface area (Å²) in [5, 5.41) is 14.7. The van der Waals surface area contributed by atoms with E-state index in [0.717, 1.165) is 69.3 Å². The maximum Gasteiger partial charge on any atom is 0.164 e. The molecule has 4 heterocycles. The van der Waals surface area contributed by atoms with Crippen LogP contribution in [0.15, 0.2) is 89.5 Å². The summed E-state index contributed by atoms with van der Waals surface area (Å²) in [7, 11) is 0. The van der Waals surface area contributed by atoms with Crippen molar-refractivity contribution in [3.8, 4) is 21.8 Å². The average Bonchev–Trinajstić information content (AvgIpc) is 3.77. The molecule has 1 radical (unpaired) electrons. The Morgan fingerprint density at radius 2 is 1.56 bits per heavy atom. The molecule has 0 saturated heterocycles. The standard InChI is InChI=1S/C28H21N2OS.C15H28O2.Ir/c1-28(2,3)22-13-19(12-17-6-4-5-7-20(17)22)27-21-15-26(32-25(21)8-10-29-27)23-14-18-9-11-31-24(18)16-30-23;1-7-14(5,8-2)12(16)11-13(17)15(6,9-3)10-4;/h4-11,13-16H,1-3H3;11,16H,7-10H2,1-6H3;/q-1;;/b;12-11-;. The molecule has 2 aromatic carbocycles. The third-order valence-electron chi connectivity index (χ3n) is 10.5. The molecule has 0 unspecified atom stereocenters. The first-order valence-corrected chi connectivity index (χ1v) is 18.2. The van der Waals surface area contributed by atoms with Gasteiger partial charge >= 0.3 is 0 Å². The molecule has 0 aliphatic carbocycles. The number of carbonyl (C=O) groups is 1. The Labute approximate surface area is 314 Å². The van der Waals surface area contributed by atoms with Crippen LogP contribution in [0.3, 0.4) is 0 Å². The molecule has 0 atom stereocenters. The van der Waals surface area contributed by atoms with Crippen LogP contribution >= 0.6 is 11.3 Å². The molecule has 0 bridgehead atoms. The molecule has 6 aromatic rings. The molecule has 0 fully saturated rings. The van der Waals surface area contributed by atoms with Gasteiger partial charge in [0, 0.05) is 59.0 Å². The van der Waals surface area contributed by atoms with E-state index in [4.69, 9.17) is 9.40 Å². The van der Waals surface area contributed by atoms with Gasteiger partial charge < -0.3 is 9.52 Å². The van der Waals surface area contributed by atoms with Crippen LogP contribution in [0, 0.1) is 16.9 Å². The summed E-state index contributed by atoms with van der Waals surface area (Å²) in [6, 6.07) is 22.7. The zero-order valence-corrected chi connectivity index (χ0v) is 33.9. The van der Waals surface area contributed by atoms with Gasteiger partial charge in [0.15, 0.2) is 11.4 Å². The number of nitrogens with zero attached hydrogens (tertiary/aromatic N) is 2. The number of allylic oxidation sites excluding steroid dienone is 2. The molecule has 0 spiro atoms. The van der Waals surface area contributed by atoms with Crippen molar-refractivity contribution in [1.82, 2.24) is 9.97 Å². The van der Waals surface area contributed by atoms with E-state index >= 15 is 0 Å². The van der Waals surface area contributed by atoms with E-state index in [2.05, 4.69) is 80.4 Å². The molecule has 0 amide bonds. The number of fused-ring (bicyclic) bond motifs is 3. The second kappa shape index (κ2) is 15.7. The van der Waals surface area contributed by atoms with Crippen LogP contribution in [-0.4, -0.2) is 20.9 Å². The Morgan fingerprint density at radius 3 is 2.22 bits per heavy atom. The number of carbonyl (C=O) groups excluding carboxylic acids is 1. The summed E-state index contributed by atoms with van der Waals surface area (Å²) in [5.74, 6) is 0.286. The largest absolute Gasteiger partial charge is 0.512 e. The van der Waals surface area contributed by atoms with Crippen molar-refractivity contribution in [3.63, 3.8) is 0 Å². The number of pyridine rings is 2. The maximum atomic E-state index is 12.2. The van der Waals surface area contributed by atoms with Gasteiger partial charge in [-0.25, -0.2) is 0 Å². The van der Waals surface area contributed by atoms with Crippen LogP contribution in [0.4, 0.5) is 0 Å². The summed E-state index contributed by atoms with van der Waals surface area (Å²) in [5.41, 5.74) is 4.47. The van der Waals surface area contributed by atoms with Gasteiger partial charge in [-0.15, -0.1) is 40.5 Å². The minimum atomic E-state index is -0.337. The fourth-order valence-corrected chi connectivity index (χ4v) is 6.99. The predicted molar refractivity (Wildman–Crippen MR) is 206 cm³/mol. The summed E-state index contributed by atoms with van der Waals surface area (Å²) >= 11 is 1.74. The van der Waals surface area contributed by atoms with Gasteiger partial charge in [0.2, 0.25) is 0 Å². The van der Waals surface area contributed by atoms with Crippen LogP contribution in [0.25, 0.3) is 53.7 Å². The Hall–Kier alpha value is -3.64. The Bertz CT molecular complexity index is 2130. The van der Waals surface area contributed by atoms with Crippen molar-refractivity contribution in [2.75, 3.05) is 0 Å². The number of benzene rings is 2. The third kappa shape index (κ3) is 7.96. The van der Waals surface area contributed by atoms with Crippen LogP contribution in [-0.2, 0) is 30.3 Å². The SMILES string of the molecule is CC(C)(C)c1cc(-c2nccc3sc(-c4cc5ccoc5cn4)cc23)[c-]c2ccccc12.CCC(C)(CC)C(=O)/C=C(\O)C(C)(CC)CC.[Ir]. The van der Waals surface area contributed by atoms with Crippen molar-refractivity contribution < 1.29 is 34.4 Å². The smallest absolute Gasteiger partial charge is 0.164 e. The van der Waals surface area contributed by atoms with Gasteiger partial charge in [0.1, 0.15) is 5.76 Å². The fourth-order valence-electron chi connectivity index (χ4n) is 5.97. The molecule has 1 N–H and O–H groups in total. The number of aliphatic hydroxyl groups is 1.